The third-order valence-electron chi connectivity index (χ3n) is 2.31. The van der Waals surface area contributed by atoms with Crippen molar-refractivity contribution >= 4 is 14.5 Å². The second-order valence-corrected chi connectivity index (χ2v) is 6.50. The van der Waals surface area contributed by atoms with Crippen LogP contribution >= 0.6 is 0 Å². The molecule has 0 aliphatic rings. The number of rotatable bonds is 6. The van der Waals surface area contributed by atoms with Gasteiger partial charge in [0, 0.05) is 14.2 Å². The van der Waals surface area contributed by atoms with E-state index in [9.17, 15) is 4.79 Å². The molecule has 0 radical (unpaired) electrons. The zero-order valence-electron chi connectivity index (χ0n) is 10.1. The smallest absolute Gasteiger partial charge is 0.375 e. The van der Waals surface area contributed by atoms with Crippen molar-refractivity contribution in [1.82, 2.24) is 0 Å². The topological polar surface area (TPSA) is 44.8 Å². The highest BCUT2D eigenvalue weighted by Crippen LogP contribution is 2.19. The highest BCUT2D eigenvalue weighted by atomic mass is 28.4. The summed E-state index contributed by atoms with van der Waals surface area (Å²) in [7, 11) is 1.91. The third-order valence-corrected chi connectivity index (χ3v) is 5.26. The van der Waals surface area contributed by atoms with Crippen LogP contribution in [0.15, 0.2) is 11.3 Å². The molecule has 4 nitrogen and oxygen atoms in total. The Kier molecular flexibility index (Phi) is 6.47. The van der Waals surface area contributed by atoms with Crippen molar-refractivity contribution in [2.75, 3.05) is 21.3 Å². The second-order valence-electron chi connectivity index (χ2n) is 3.25. The average molecular weight is 232 g/mol. The molecule has 0 unspecified atom stereocenters. The molecular formula is C10H20O4Si. The van der Waals surface area contributed by atoms with Crippen LogP contribution in [0, 0.1) is 0 Å². The van der Waals surface area contributed by atoms with Crippen LogP contribution in [0.25, 0.3) is 0 Å². The largest absolute Gasteiger partial charge is 0.466 e. The van der Waals surface area contributed by atoms with Crippen molar-refractivity contribution in [2.45, 2.75) is 26.3 Å². The Morgan fingerprint density at radius 3 is 2.13 bits per heavy atom. The van der Waals surface area contributed by atoms with Crippen molar-refractivity contribution < 1.29 is 18.4 Å². The molecule has 0 aromatic rings. The molecule has 0 bridgehead atoms. The summed E-state index contributed by atoms with van der Waals surface area (Å²) in [5, 5.41) is 0.539. The Bertz CT molecular complexity index is 234. The first kappa shape index (κ1) is 14.3. The summed E-state index contributed by atoms with van der Waals surface area (Å²) in [6.07, 6.45) is 3.64. The molecule has 0 atom stereocenters. The first-order valence-electron chi connectivity index (χ1n) is 4.95. The molecule has 0 aromatic carbocycles. The van der Waals surface area contributed by atoms with Crippen LogP contribution in [0.2, 0.25) is 6.55 Å². The van der Waals surface area contributed by atoms with Gasteiger partial charge in [-0.25, -0.2) is 4.79 Å². The molecule has 0 rings (SSSR count). The lowest BCUT2D eigenvalue weighted by Crippen LogP contribution is -2.42. The minimum atomic E-state index is -2.56. The Labute approximate surface area is 92.5 Å². The lowest BCUT2D eigenvalue weighted by atomic mass is 10.3. The van der Waals surface area contributed by atoms with Gasteiger partial charge in [0.15, 0.2) is 0 Å². The van der Waals surface area contributed by atoms with Crippen LogP contribution in [0.4, 0.5) is 0 Å². The van der Waals surface area contributed by atoms with Crippen LogP contribution in [0.1, 0.15) is 19.8 Å². The molecule has 0 heterocycles. The first-order chi connectivity index (χ1) is 7.05. The van der Waals surface area contributed by atoms with Gasteiger partial charge in [-0.2, -0.15) is 0 Å². The Morgan fingerprint density at radius 2 is 1.80 bits per heavy atom. The lowest BCUT2D eigenvalue weighted by Gasteiger charge is -2.24. The molecule has 15 heavy (non-hydrogen) atoms. The number of hydrogen-bond donors (Lipinski definition) is 0. The normalized spacial score (nSPS) is 12.7. The fourth-order valence-corrected chi connectivity index (χ4v) is 2.75. The quantitative estimate of drug-likeness (QED) is 0.398. The molecule has 0 saturated carbocycles. The number of ether oxygens (including phenoxy) is 1. The zero-order valence-corrected chi connectivity index (χ0v) is 11.1. The minimum absolute atomic E-state index is 0.360. The molecule has 0 N–H and O–H groups in total. The number of esters is 1. The summed E-state index contributed by atoms with van der Waals surface area (Å²) in [5.41, 5.74) is 0. The van der Waals surface area contributed by atoms with Crippen molar-refractivity contribution in [1.29, 1.82) is 0 Å². The van der Waals surface area contributed by atoms with Gasteiger partial charge >= 0.3 is 14.5 Å². The monoisotopic (exact) mass is 232 g/mol. The molecule has 5 heteroatoms. The molecule has 0 amide bonds. The first-order valence-corrected chi connectivity index (χ1v) is 7.26. The van der Waals surface area contributed by atoms with Crippen LogP contribution in [-0.4, -0.2) is 35.9 Å². The van der Waals surface area contributed by atoms with E-state index in [1.165, 1.54) is 7.11 Å². The van der Waals surface area contributed by atoms with Crippen LogP contribution in [0.5, 0.6) is 0 Å². The van der Waals surface area contributed by atoms with Gasteiger partial charge in [-0.3, -0.25) is 0 Å². The van der Waals surface area contributed by atoms with E-state index in [-0.39, 0.29) is 5.97 Å². The number of hydrogen-bond acceptors (Lipinski definition) is 4. The van der Waals surface area contributed by atoms with Gasteiger partial charge in [-0.15, -0.1) is 0 Å². The minimum Gasteiger partial charge on any atom is -0.466 e. The number of carbonyl (C=O) groups is 1. The molecule has 88 valence electrons. The van der Waals surface area contributed by atoms with Gasteiger partial charge in [0.1, 0.15) is 0 Å². The summed E-state index contributed by atoms with van der Waals surface area (Å²) in [6.45, 7) is 3.87. The third kappa shape index (κ3) is 3.77. The maximum Gasteiger partial charge on any atom is 0.375 e. The summed E-state index contributed by atoms with van der Waals surface area (Å²) in [6, 6.07) is 0. The lowest BCUT2D eigenvalue weighted by molar-refractivity contribution is -0.135. The summed E-state index contributed by atoms with van der Waals surface area (Å²) in [4.78, 5) is 11.6. The van der Waals surface area contributed by atoms with Crippen LogP contribution < -0.4 is 0 Å². The van der Waals surface area contributed by atoms with E-state index in [1.807, 2.05) is 19.5 Å². The maximum atomic E-state index is 11.6. The average Bonchev–Trinajstić information content (AvgIpc) is 2.28. The Morgan fingerprint density at radius 1 is 1.27 bits per heavy atom. The fourth-order valence-electron chi connectivity index (χ4n) is 1.16. The van der Waals surface area contributed by atoms with Gasteiger partial charge < -0.3 is 13.6 Å². The SMILES string of the molecule is CCC/C=C(\C(=O)OC)[Si](C)(OC)OC. The maximum absolute atomic E-state index is 11.6. The van der Waals surface area contributed by atoms with E-state index in [4.69, 9.17) is 13.6 Å². The summed E-state index contributed by atoms with van der Waals surface area (Å²) < 4.78 is 15.4. The van der Waals surface area contributed by atoms with E-state index < -0.39 is 8.56 Å². The number of allylic oxidation sites excluding steroid dienone is 1. The predicted molar refractivity (Wildman–Crippen MR) is 60.6 cm³/mol. The van der Waals surface area contributed by atoms with E-state index in [0.29, 0.717) is 5.20 Å². The van der Waals surface area contributed by atoms with Crippen molar-refractivity contribution in [3.63, 3.8) is 0 Å². The van der Waals surface area contributed by atoms with Gasteiger partial charge in [0.2, 0.25) is 0 Å². The van der Waals surface area contributed by atoms with E-state index in [0.717, 1.165) is 12.8 Å². The fraction of sp³-hybridized carbons (Fsp3) is 0.700. The van der Waals surface area contributed by atoms with Gasteiger partial charge in [-0.1, -0.05) is 19.4 Å². The van der Waals surface area contributed by atoms with E-state index >= 15 is 0 Å². The molecule has 0 spiro atoms. The number of unbranched alkanes of at least 4 members (excludes halogenated alkanes) is 1. The van der Waals surface area contributed by atoms with Crippen molar-refractivity contribution in [3.8, 4) is 0 Å². The Balaban J connectivity index is 4.99. The molecule has 0 fully saturated rings. The van der Waals surface area contributed by atoms with E-state index in [2.05, 4.69) is 0 Å². The predicted octanol–water partition coefficient (Wildman–Crippen LogP) is 1.79. The van der Waals surface area contributed by atoms with Crippen molar-refractivity contribution in [3.05, 3.63) is 11.3 Å². The van der Waals surface area contributed by atoms with Crippen molar-refractivity contribution in [2.24, 2.45) is 0 Å². The summed E-state index contributed by atoms with van der Waals surface area (Å²) >= 11 is 0. The summed E-state index contributed by atoms with van der Waals surface area (Å²) in [5.74, 6) is -0.360. The standard InChI is InChI=1S/C10H20O4Si/c1-6-7-8-9(10(11)12-2)15(5,13-3)14-4/h8H,6-7H2,1-5H3/b9-8+. The van der Waals surface area contributed by atoms with Gasteiger partial charge in [0.25, 0.3) is 0 Å². The molecular weight excluding hydrogens is 212 g/mol. The van der Waals surface area contributed by atoms with Crippen LogP contribution in [-0.2, 0) is 18.4 Å². The molecule has 0 aliphatic heterocycles. The highest BCUT2D eigenvalue weighted by Gasteiger charge is 2.39. The number of methoxy groups -OCH3 is 1. The number of carbonyl (C=O) groups excluding carboxylic acids is 1. The molecule has 0 saturated heterocycles. The zero-order chi connectivity index (χ0) is 11.9. The molecule has 0 aliphatic carbocycles. The second kappa shape index (κ2) is 6.76. The van der Waals surface area contributed by atoms with E-state index in [1.54, 1.807) is 14.2 Å². The van der Waals surface area contributed by atoms with Crippen LogP contribution in [0.3, 0.4) is 0 Å². The molecule has 0 aromatic heterocycles. The van der Waals surface area contributed by atoms with Gasteiger partial charge in [0.05, 0.1) is 12.3 Å². The van der Waals surface area contributed by atoms with Gasteiger partial charge in [-0.05, 0) is 13.0 Å². The Hall–Kier alpha value is -0.653. The highest BCUT2D eigenvalue weighted by molar-refractivity contribution is 6.78.